The van der Waals surface area contributed by atoms with Gasteiger partial charge in [0.25, 0.3) is 5.91 Å². The molecule has 2 atom stereocenters. The molecular formula is C17H21ClN4O8S. The number of halogens is 1. The number of anilines is 1. The molecule has 2 unspecified atom stereocenters. The van der Waals surface area contributed by atoms with E-state index in [1.54, 1.807) is 0 Å². The molecule has 0 spiro atoms. The Bertz CT molecular complexity index is 838. The van der Waals surface area contributed by atoms with Gasteiger partial charge in [-0.3, -0.25) is 24.4 Å². The van der Waals surface area contributed by atoms with Crippen molar-refractivity contribution in [3.05, 3.63) is 29.3 Å². The van der Waals surface area contributed by atoms with Gasteiger partial charge in [0.15, 0.2) is 0 Å². The highest BCUT2D eigenvalue weighted by Gasteiger charge is 2.34. The first-order valence-corrected chi connectivity index (χ1v) is 9.69. The zero-order chi connectivity index (χ0) is 23.7. The molecule has 0 bridgehead atoms. The number of carbonyl (C=O) groups is 5. The highest BCUT2D eigenvalue weighted by Crippen LogP contribution is 2.18. The topological polar surface area (TPSA) is 191 Å². The number of aliphatic carboxylic acids is 2. The number of carbonyl (C=O) groups excluding carboxylic acids is 3. The van der Waals surface area contributed by atoms with Crippen molar-refractivity contribution in [3.8, 4) is 0 Å². The number of carboxylic acids is 2. The van der Waals surface area contributed by atoms with Gasteiger partial charge in [-0.2, -0.15) is 17.7 Å². The minimum atomic E-state index is -1.55. The fraction of sp³-hybridized carbons (Fsp3) is 0.353. The van der Waals surface area contributed by atoms with Crippen LogP contribution in [0.5, 0.6) is 0 Å². The van der Waals surface area contributed by atoms with Gasteiger partial charge in [0, 0.05) is 17.2 Å². The number of urea groups is 1. The van der Waals surface area contributed by atoms with Gasteiger partial charge >= 0.3 is 18.0 Å². The molecule has 4 amide bonds. The van der Waals surface area contributed by atoms with E-state index in [1.807, 2.05) is 0 Å². The number of carboxylic acid groups (broad SMARTS) is 2. The third kappa shape index (κ3) is 8.05. The van der Waals surface area contributed by atoms with Gasteiger partial charge in [-0.25, -0.2) is 9.69 Å². The number of nitrogens with zero attached hydrogens (tertiary/aromatic N) is 2. The lowest BCUT2D eigenvalue weighted by Gasteiger charge is -2.27. The second-order valence-electron chi connectivity index (χ2n) is 6.17. The van der Waals surface area contributed by atoms with E-state index in [0.717, 1.165) is 0 Å². The van der Waals surface area contributed by atoms with Crippen LogP contribution in [0.4, 0.5) is 10.5 Å². The summed E-state index contributed by atoms with van der Waals surface area (Å²) in [7, 11) is 0. The maximum atomic E-state index is 12.7. The quantitative estimate of drug-likeness (QED) is 0.155. The monoisotopic (exact) mass is 476 g/mol. The standard InChI is InChI=1S/C17H21ClN4O8S/c18-9-1-3-10(4-2-9)22(30)17(29)21(7-14(24)25)15(26)12(8-31)20-13(23)6-5-11(19)16(27)28/h1-4,11-12,30-31H,5-8,19H2,(H,20,23)(H,24,25)(H,27,28). The molecule has 0 saturated carbocycles. The summed E-state index contributed by atoms with van der Waals surface area (Å²) in [6.45, 7) is -1.10. The van der Waals surface area contributed by atoms with Gasteiger partial charge in [-0.1, -0.05) is 11.6 Å². The average molecular weight is 477 g/mol. The molecule has 0 aliphatic carbocycles. The second kappa shape index (κ2) is 12.1. The zero-order valence-electron chi connectivity index (χ0n) is 16.0. The zero-order valence-corrected chi connectivity index (χ0v) is 17.6. The summed E-state index contributed by atoms with van der Waals surface area (Å²) >= 11 is 9.66. The molecule has 0 aliphatic rings. The molecule has 0 saturated heterocycles. The predicted molar refractivity (Wildman–Crippen MR) is 111 cm³/mol. The third-order valence-corrected chi connectivity index (χ3v) is 4.48. The maximum Gasteiger partial charge on any atom is 0.355 e. The summed E-state index contributed by atoms with van der Waals surface area (Å²) in [5.41, 5.74) is 5.22. The van der Waals surface area contributed by atoms with Crippen molar-refractivity contribution in [3.63, 3.8) is 0 Å². The summed E-state index contributed by atoms with van der Waals surface area (Å²) in [4.78, 5) is 59.4. The number of nitrogens with two attached hydrogens (primary N) is 1. The Labute approximate surface area is 186 Å². The smallest absolute Gasteiger partial charge is 0.355 e. The summed E-state index contributed by atoms with van der Waals surface area (Å²) in [6, 6.07) is 1.12. The minimum Gasteiger partial charge on any atom is -0.480 e. The van der Waals surface area contributed by atoms with E-state index in [4.69, 9.17) is 27.5 Å². The number of benzene rings is 1. The average Bonchev–Trinajstić information content (AvgIpc) is 2.72. The van der Waals surface area contributed by atoms with Crippen molar-refractivity contribution in [2.75, 3.05) is 17.4 Å². The van der Waals surface area contributed by atoms with Crippen molar-refractivity contribution in [2.24, 2.45) is 5.73 Å². The number of rotatable bonds is 10. The van der Waals surface area contributed by atoms with Crippen molar-refractivity contribution in [2.45, 2.75) is 24.9 Å². The number of amides is 4. The van der Waals surface area contributed by atoms with E-state index < -0.39 is 48.4 Å². The number of imide groups is 1. The Balaban J connectivity index is 2.96. The lowest BCUT2D eigenvalue weighted by molar-refractivity contribution is -0.143. The van der Waals surface area contributed by atoms with E-state index in [9.17, 15) is 29.2 Å². The van der Waals surface area contributed by atoms with Crippen LogP contribution in [0.2, 0.25) is 5.02 Å². The van der Waals surface area contributed by atoms with Crippen LogP contribution in [-0.4, -0.2) is 74.5 Å². The SMILES string of the molecule is NC(CCC(=O)NC(CS)C(=O)N(CC(=O)O)C(=O)N(O)c1ccc(Cl)cc1)C(=O)O. The lowest BCUT2D eigenvalue weighted by Crippen LogP contribution is -2.55. The van der Waals surface area contributed by atoms with E-state index in [2.05, 4.69) is 17.9 Å². The number of hydrogen-bond donors (Lipinski definition) is 6. The van der Waals surface area contributed by atoms with Crippen LogP contribution < -0.4 is 16.1 Å². The van der Waals surface area contributed by atoms with E-state index >= 15 is 0 Å². The van der Waals surface area contributed by atoms with Crippen molar-refractivity contribution in [1.82, 2.24) is 10.2 Å². The minimum absolute atomic E-state index is 0.0560. The van der Waals surface area contributed by atoms with Crippen molar-refractivity contribution in [1.29, 1.82) is 0 Å². The first-order chi connectivity index (χ1) is 14.5. The Morgan fingerprint density at radius 1 is 1.13 bits per heavy atom. The fourth-order valence-electron chi connectivity index (χ4n) is 2.23. The van der Waals surface area contributed by atoms with Crippen molar-refractivity contribution < 1.29 is 39.4 Å². The molecule has 0 heterocycles. The summed E-state index contributed by atoms with van der Waals surface area (Å²) < 4.78 is 0. The van der Waals surface area contributed by atoms with E-state index in [-0.39, 0.29) is 34.2 Å². The highest BCUT2D eigenvalue weighted by atomic mass is 35.5. The third-order valence-electron chi connectivity index (χ3n) is 3.86. The largest absolute Gasteiger partial charge is 0.480 e. The fourth-order valence-corrected chi connectivity index (χ4v) is 2.61. The molecule has 0 aliphatic heterocycles. The number of hydrogen-bond acceptors (Lipinski definition) is 8. The molecule has 31 heavy (non-hydrogen) atoms. The maximum absolute atomic E-state index is 12.7. The van der Waals surface area contributed by atoms with Crippen LogP contribution >= 0.6 is 24.2 Å². The molecule has 12 nitrogen and oxygen atoms in total. The Morgan fingerprint density at radius 3 is 2.19 bits per heavy atom. The normalized spacial score (nSPS) is 12.4. The second-order valence-corrected chi connectivity index (χ2v) is 6.98. The molecule has 1 aromatic carbocycles. The van der Waals surface area contributed by atoms with Gasteiger partial charge in [-0.15, -0.1) is 0 Å². The highest BCUT2D eigenvalue weighted by molar-refractivity contribution is 7.80. The molecule has 1 aromatic rings. The first kappa shape index (κ1) is 26.2. The number of hydroxylamine groups is 1. The van der Waals surface area contributed by atoms with Gasteiger partial charge in [0.05, 0.1) is 5.69 Å². The molecule has 170 valence electrons. The molecule has 14 heteroatoms. The first-order valence-electron chi connectivity index (χ1n) is 8.68. The molecule has 1 rings (SSSR count). The van der Waals surface area contributed by atoms with Crippen LogP contribution in [0.15, 0.2) is 24.3 Å². The number of thiol groups is 1. The molecular weight excluding hydrogens is 456 g/mol. The van der Waals surface area contributed by atoms with Crippen LogP contribution in [-0.2, 0) is 19.2 Å². The molecule has 0 radical (unpaired) electrons. The van der Waals surface area contributed by atoms with Gasteiger partial charge in [0.1, 0.15) is 18.6 Å². The number of nitrogens with one attached hydrogen (secondary N) is 1. The van der Waals surface area contributed by atoms with Crippen LogP contribution in [0.25, 0.3) is 0 Å². The Kier molecular flexibility index (Phi) is 10.2. The molecule has 0 fully saturated rings. The van der Waals surface area contributed by atoms with Gasteiger partial charge in [-0.05, 0) is 30.7 Å². The van der Waals surface area contributed by atoms with Crippen molar-refractivity contribution >= 4 is 59.7 Å². The predicted octanol–water partition coefficient (Wildman–Crippen LogP) is 0.175. The van der Waals surface area contributed by atoms with Gasteiger partial charge < -0.3 is 21.3 Å². The molecule has 6 N–H and O–H groups in total. The summed E-state index contributed by atoms with van der Waals surface area (Å²) in [5.74, 6) is -5.08. The van der Waals surface area contributed by atoms with Crippen LogP contribution in [0.1, 0.15) is 12.8 Å². The van der Waals surface area contributed by atoms with E-state index in [0.29, 0.717) is 5.02 Å². The summed E-state index contributed by atoms with van der Waals surface area (Å²) in [5, 5.41) is 30.5. The van der Waals surface area contributed by atoms with E-state index in [1.165, 1.54) is 24.3 Å². The summed E-state index contributed by atoms with van der Waals surface area (Å²) in [6.07, 6.45) is -0.553. The lowest BCUT2D eigenvalue weighted by atomic mass is 10.1. The van der Waals surface area contributed by atoms with Gasteiger partial charge in [0.2, 0.25) is 5.91 Å². The Hall–Kier alpha value is -2.87. The molecule has 0 aromatic heterocycles. The van der Waals surface area contributed by atoms with Crippen LogP contribution in [0.3, 0.4) is 0 Å². The van der Waals surface area contributed by atoms with Crippen LogP contribution in [0, 0.1) is 0 Å². The Morgan fingerprint density at radius 2 is 1.71 bits per heavy atom.